The van der Waals surface area contributed by atoms with Crippen molar-refractivity contribution in [2.45, 2.75) is 57.0 Å². The number of amides is 3. The number of rotatable bonds is 10. The predicted molar refractivity (Wildman–Crippen MR) is 159 cm³/mol. The van der Waals surface area contributed by atoms with Crippen LogP contribution >= 0.6 is 11.8 Å². The number of benzene rings is 2. The number of carbonyl (C=O) groups excluding carboxylic acids is 3. The van der Waals surface area contributed by atoms with Crippen LogP contribution in [0.15, 0.2) is 52.4 Å². The van der Waals surface area contributed by atoms with Crippen LogP contribution in [0.4, 0.5) is 5.69 Å². The first kappa shape index (κ1) is 28.7. The summed E-state index contributed by atoms with van der Waals surface area (Å²) in [6.07, 6.45) is 5.99. The highest BCUT2D eigenvalue weighted by molar-refractivity contribution is 8.14. The van der Waals surface area contributed by atoms with Gasteiger partial charge in [0.05, 0.1) is 32.1 Å². The van der Waals surface area contributed by atoms with Crippen molar-refractivity contribution < 1.29 is 23.9 Å². The first-order valence-corrected chi connectivity index (χ1v) is 14.9. The summed E-state index contributed by atoms with van der Waals surface area (Å²) in [5.74, 6) is 1.22. The largest absolute Gasteiger partial charge is 0.493 e. The fourth-order valence-electron chi connectivity index (χ4n) is 5.30. The molecule has 2 aromatic carbocycles. The maximum absolute atomic E-state index is 13.5. The predicted octanol–water partition coefficient (Wildman–Crippen LogP) is 3.59. The molecule has 1 atom stereocenters. The molecular weight excluding hydrogens is 542 g/mol. The number of hydrogen-bond acceptors (Lipinski definition) is 8. The molecule has 3 aliphatic rings. The van der Waals surface area contributed by atoms with Crippen molar-refractivity contribution in [3.63, 3.8) is 0 Å². The zero-order chi connectivity index (χ0) is 28.8. The third-order valence-corrected chi connectivity index (χ3v) is 8.35. The van der Waals surface area contributed by atoms with Gasteiger partial charge in [0.2, 0.25) is 11.8 Å². The molecule has 2 N–H and O–H groups in total. The Labute approximate surface area is 244 Å². The summed E-state index contributed by atoms with van der Waals surface area (Å²) in [5, 5.41) is 6.39. The van der Waals surface area contributed by atoms with Gasteiger partial charge in [-0.05, 0) is 49.1 Å². The highest BCUT2D eigenvalue weighted by atomic mass is 32.2. The number of ether oxygens (including phenoxy) is 2. The topological polar surface area (TPSA) is 122 Å². The molecule has 1 fully saturated rings. The van der Waals surface area contributed by atoms with Gasteiger partial charge in [0.25, 0.3) is 5.91 Å². The number of carbonyl (C=O) groups is 3. The molecular formula is C30H35N5O5S. The second-order valence-corrected chi connectivity index (χ2v) is 11.2. The number of amidine groups is 2. The molecule has 0 spiro atoms. The Bertz CT molecular complexity index is 1370. The van der Waals surface area contributed by atoms with Crippen LogP contribution in [0.3, 0.4) is 0 Å². The van der Waals surface area contributed by atoms with Crippen LogP contribution in [0.1, 0.15) is 49.7 Å². The van der Waals surface area contributed by atoms with Gasteiger partial charge >= 0.3 is 0 Å². The second-order valence-electron chi connectivity index (χ2n) is 10.2. The monoisotopic (exact) mass is 577 g/mol. The van der Waals surface area contributed by atoms with Crippen LogP contribution in [0.5, 0.6) is 11.5 Å². The number of hydrogen-bond donors (Lipinski definition) is 2. The summed E-state index contributed by atoms with van der Waals surface area (Å²) < 4.78 is 10.6. The zero-order valence-corrected chi connectivity index (χ0v) is 24.2. The number of nitrogens with one attached hydrogen (secondary N) is 2. The third kappa shape index (κ3) is 6.73. The van der Waals surface area contributed by atoms with E-state index in [1.165, 1.54) is 23.1 Å². The van der Waals surface area contributed by atoms with Crippen molar-refractivity contribution in [3.8, 4) is 11.5 Å². The summed E-state index contributed by atoms with van der Waals surface area (Å²) in [6, 6.07) is 12.5. The third-order valence-electron chi connectivity index (χ3n) is 7.41. The molecule has 41 heavy (non-hydrogen) atoms. The summed E-state index contributed by atoms with van der Waals surface area (Å²) in [7, 11) is 3.17. The molecule has 3 amide bonds. The highest BCUT2D eigenvalue weighted by Crippen LogP contribution is 2.34. The molecule has 11 heteroatoms. The van der Waals surface area contributed by atoms with Crippen molar-refractivity contribution in [2.75, 3.05) is 26.5 Å². The molecule has 10 nitrogen and oxygen atoms in total. The van der Waals surface area contributed by atoms with Gasteiger partial charge in [-0.15, -0.1) is 0 Å². The Morgan fingerprint density at radius 3 is 2.59 bits per heavy atom. The Kier molecular flexibility index (Phi) is 9.23. The zero-order valence-electron chi connectivity index (χ0n) is 23.4. The van der Waals surface area contributed by atoms with Crippen molar-refractivity contribution in [1.82, 2.24) is 15.5 Å². The number of thioether (sulfide) groups is 1. The van der Waals surface area contributed by atoms with E-state index in [2.05, 4.69) is 20.6 Å². The van der Waals surface area contributed by atoms with Crippen molar-refractivity contribution in [1.29, 1.82) is 0 Å². The number of methoxy groups -OCH3 is 2. The molecule has 0 saturated heterocycles. The molecule has 0 aromatic heterocycles. The Hall–Kier alpha value is -3.86. The first-order valence-electron chi connectivity index (χ1n) is 14.0. The number of para-hydroxylation sites is 1. The SMILES string of the molecule is COc1ccc(CCNC(=O)CSC2=Nc3ccccc3C3=N[C@H](CC(=O)NC4CCCCC4)C(=O)N23)cc1OC. The first-order chi connectivity index (χ1) is 20.0. The highest BCUT2D eigenvalue weighted by Gasteiger charge is 2.42. The summed E-state index contributed by atoms with van der Waals surface area (Å²) in [6.45, 7) is 0.442. The summed E-state index contributed by atoms with van der Waals surface area (Å²) in [5.41, 5.74) is 2.42. The van der Waals surface area contributed by atoms with Gasteiger partial charge in [0.15, 0.2) is 16.7 Å². The van der Waals surface area contributed by atoms with E-state index >= 15 is 0 Å². The Morgan fingerprint density at radius 1 is 1.02 bits per heavy atom. The Balaban J connectivity index is 1.19. The maximum Gasteiger partial charge on any atom is 0.259 e. The normalized spacial score (nSPS) is 18.1. The molecule has 2 aliphatic heterocycles. The van der Waals surface area contributed by atoms with Gasteiger partial charge in [0.1, 0.15) is 11.9 Å². The van der Waals surface area contributed by atoms with E-state index in [1.807, 2.05) is 42.5 Å². The van der Waals surface area contributed by atoms with Crippen LogP contribution in [0.2, 0.25) is 0 Å². The number of fused-ring (bicyclic) bond motifs is 3. The molecule has 0 radical (unpaired) electrons. The molecule has 216 valence electrons. The Morgan fingerprint density at radius 2 is 1.80 bits per heavy atom. The second kappa shape index (κ2) is 13.2. The maximum atomic E-state index is 13.5. The van der Waals surface area contributed by atoms with Gasteiger partial charge in [-0.2, -0.15) is 0 Å². The lowest BCUT2D eigenvalue weighted by atomic mass is 9.95. The standard InChI is InChI=1S/C30H35N5O5S/c1-39-24-13-12-19(16-25(24)40-2)14-15-31-27(37)18-41-30-34-22-11-7-6-10-21(22)28-33-23(29(38)35(28)30)17-26(36)32-20-8-4-3-5-9-20/h6-7,10-13,16,20,23H,3-5,8-9,14-15,17-18H2,1-2H3,(H,31,37)(H,32,36)/t23-/m1/s1. The van der Waals surface area contributed by atoms with Crippen LogP contribution in [-0.2, 0) is 20.8 Å². The van der Waals surface area contributed by atoms with Gasteiger partial charge in [0, 0.05) is 18.2 Å². The van der Waals surface area contributed by atoms with E-state index in [0.29, 0.717) is 41.2 Å². The molecule has 2 heterocycles. The van der Waals surface area contributed by atoms with E-state index in [-0.39, 0.29) is 35.9 Å². The van der Waals surface area contributed by atoms with Gasteiger partial charge in [-0.25, -0.2) is 9.89 Å². The van der Waals surface area contributed by atoms with Crippen LogP contribution in [-0.4, -0.2) is 72.2 Å². The summed E-state index contributed by atoms with van der Waals surface area (Å²) in [4.78, 5) is 49.8. The van der Waals surface area contributed by atoms with Crippen LogP contribution in [0, 0.1) is 0 Å². The van der Waals surface area contributed by atoms with E-state index in [1.54, 1.807) is 14.2 Å². The fraction of sp³-hybridized carbons (Fsp3) is 0.433. The fourth-order valence-corrected chi connectivity index (χ4v) is 6.14. The van der Waals surface area contributed by atoms with Gasteiger partial charge in [-0.1, -0.05) is 49.2 Å². The van der Waals surface area contributed by atoms with Crippen molar-refractivity contribution in [2.24, 2.45) is 9.98 Å². The average Bonchev–Trinajstić information content (AvgIpc) is 3.32. The minimum atomic E-state index is -0.819. The lowest BCUT2D eigenvalue weighted by Crippen LogP contribution is -2.43. The van der Waals surface area contributed by atoms with Crippen LogP contribution in [0.25, 0.3) is 0 Å². The van der Waals surface area contributed by atoms with Gasteiger partial charge in [-0.3, -0.25) is 19.4 Å². The minimum absolute atomic E-state index is 0.00786. The number of aliphatic imine (C=N–C) groups is 2. The van der Waals surface area contributed by atoms with E-state index in [4.69, 9.17) is 9.47 Å². The molecule has 2 aromatic rings. The summed E-state index contributed by atoms with van der Waals surface area (Å²) >= 11 is 1.18. The minimum Gasteiger partial charge on any atom is -0.493 e. The smallest absolute Gasteiger partial charge is 0.259 e. The van der Waals surface area contributed by atoms with E-state index < -0.39 is 6.04 Å². The quantitative estimate of drug-likeness (QED) is 0.445. The van der Waals surface area contributed by atoms with E-state index in [9.17, 15) is 14.4 Å². The number of nitrogens with zero attached hydrogens (tertiary/aromatic N) is 3. The van der Waals surface area contributed by atoms with Crippen LogP contribution < -0.4 is 20.1 Å². The van der Waals surface area contributed by atoms with Gasteiger partial charge < -0.3 is 20.1 Å². The van der Waals surface area contributed by atoms with Crippen molar-refractivity contribution in [3.05, 3.63) is 53.6 Å². The molecule has 0 unspecified atom stereocenters. The van der Waals surface area contributed by atoms with Crippen molar-refractivity contribution >= 4 is 46.2 Å². The molecule has 1 saturated carbocycles. The average molecular weight is 578 g/mol. The van der Waals surface area contributed by atoms with E-state index in [0.717, 1.165) is 36.8 Å². The molecule has 0 bridgehead atoms. The molecule has 1 aliphatic carbocycles. The lowest BCUT2D eigenvalue weighted by molar-refractivity contribution is -0.129. The lowest BCUT2D eigenvalue weighted by Gasteiger charge is -2.25. The molecule has 5 rings (SSSR count).